The van der Waals surface area contributed by atoms with Crippen molar-refractivity contribution >= 4 is 17.6 Å². The van der Waals surface area contributed by atoms with Gasteiger partial charge in [-0.05, 0) is 33.8 Å². The molecule has 6 heteroatoms. The minimum Gasteiger partial charge on any atom is -0.351 e. The second-order valence-corrected chi connectivity index (χ2v) is 6.06. The first-order valence-electron chi connectivity index (χ1n) is 6.90. The van der Waals surface area contributed by atoms with E-state index in [1.165, 1.54) is 0 Å². The maximum absolute atomic E-state index is 12.5. The lowest BCUT2D eigenvalue weighted by molar-refractivity contribution is -0.144. The number of ketones is 1. The molecule has 2 heterocycles. The predicted molar refractivity (Wildman–Crippen MR) is 78.0 cm³/mol. The van der Waals surface area contributed by atoms with E-state index in [0.29, 0.717) is 5.56 Å². The standard InChI is InChI=1S/C15H21N3O3/c1-9-6-11(10(2)17(9)5)12(19)7-18-8-13(20)16-14(21)15(18,3)4/h6H,7-8H2,1-5H3,(H,16,20,21). The summed E-state index contributed by atoms with van der Waals surface area (Å²) in [6.45, 7) is 7.35. The lowest BCUT2D eigenvalue weighted by Crippen LogP contribution is -2.64. The van der Waals surface area contributed by atoms with Crippen LogP contribution in [0.5, 0.6) is 0 Å². The van der Waals surface area contributed by atoms with E-state index in [2.05, 4.69) is 5.32 Å². The first kappa shape index (κ1) is 15.4. The number of amides is 2. The summed E-state index contributed by atoms with van der Waals surface area (Å²) in [6.07, 6.45) is 0. The summed E-state index contributed by atoms with van der Waals surface area (Å²) in [5.74, 6) is -0.813. The second kappa shape index (κ2) is 5.11. The smallest absolute Gasteiger partial charge is 0.246 e. The third kappa shape index (κ3) is 2.63. The highest BCUT2D eigenvalue weighted by Crippen LogP contribution is 2.20. The van der Waals surface area contributed by atoms with Gasteiger partial charge >= 0.3 is 0 Å². The molecule has 1 aliphatic heterocycles. The maximum atomic E-state index is 12.5. The predicted octanol–water partition coefficient (Wildman–Crippen LogP) is 0.562. The average molecular weight is 291 g/mol. The maximum Gasteiger partial charge on any atom is 0.246 e. The van der Waals surface area contributed by atoms with Crippen molar-refractivity contribution in [2.45, 2.75) is 33.2 Å². The van der Waals surface area contributed by atoms with Crippen LogP contribution in [0.15, 0.2) is 6.07 Å². The van der Waals surface area contributed by atoms with Gasteiger partial charge in [0.1, 0.15) is 0 Å². The molecule has 0 aliphatic carbocycles. The van der Waals surface area contributed by atoms with Crippen LogP contribution in [0.25, 0.3) is 0 Å². The molecule has 1 aromatic rings. The lowest BCUT2D eigenvalue weighted by Gasteiger charge is -2.39. The van der Waals surface area contributed by atoms with Crippen molar-refractivity contribution in [3.8, 4) is 0 Å². The Balaban J connectivity index is 2.24. The summed E-state index contributed by atoms with van der Waals surface area (Å²) < 4.78 is 1.95. The molecule has 0 radical (unpaired) electrons. The number of hydrogen-bond donors (Lipinski definition) is 1. The van der Waals surface area contributed by atoms with E-state index in [4.69, 9.17) is 0 Å². The third-order valence-corrected chi connectivity index (χ3v) is 4.34. The summed E-state index contributed by atoms with van der Waals surface area (Å²) in [4.78, 5) is 37.5. The molecular weight excluding hydrogens is 270 g/mol. The third-order valence-electron chi connectivity index (χ3n) is 4.34. The fourth-order valence-corrected chi connectivity index (χ4v) is 2.48. The number of aromatic nitrogens is 1. The van der Waals surface area contributed by atoms with E-state index in [9.17, 15) is 14.4 Å². The Hall–Kier alpha value is -1.95. The molecule has 0 atom stereocenters. The Morgan fingerprint density at radius 3 is 2.48 bits per heavy atom. The van der Waals surface area contributed by atoms with E-state index < -0.39 is 5.54 Å². The molecule has 114 valence electrons. The minimum absolute atomic E-state index is 0.0509. The minimum atomic E-state index is -0.874. The molecule has 1 aromatic heterocycles. The zero-order chi connectivity index (χ0) is 15.9. The number of nitrogens with zero attached hydrogens (tertiary/aromatic N) is 2. The van der Waals surface area contributed by atoms with E-state index in [1.807, 2.05) is 31.5 Å². The number of carbonyl (C=O) groups is 3. The van der Waals surface area contributed by atoms with Gasteiger partial charge in [-0.3, -0.25) is 24.6 Å². The first-order valence-corrected chi connectivity index (χ1v) is 6.90. The van der Waals surface area contributed by atoms with Gasteiger partial charge in [0.05, 0.1) is 18.6 Å². The topological polar surface area (TPSA) is 71.4 Å². The Morgan fingerprint density at radius 2 is 1.95 bits per heavy atom. The Labute approximate surface area is 124 Å². The van der Waals surface area contributed by atoms with Crippen molar-refractivity contribution in [1.29, 1.82) is 0 Å². The van der Waals surface area contributed by atoms with Crippen molar-refractivity contribution in [3.05, 3.63) is 23.0 Å². The molecule has 0 bridgehead atoms. The fraction of sp³-hybridized carbons (Fsp3) is 0.533. The van der Waals surface area contributed by atoms with Crippen LogP contribution in [0.4, 0.5) is 0 Å². The van der Waals surface area contributed by atoms with Gasteiger partial charge in [-0.2, -0.15) is 0 Å². The second-order valence-electron chi connectivity index (χ2n) is 6.06. The molecule has 0 saturated carbocycles. The Morgan fingerprint density at radius 1 is 1.33 bits per heavy atom. The Bertz CT molecular complexity index is 628. The number of carbonyl (C=O) groups excluding carboxylic acids is 3. The van der Waals surface area contributed by atoms with Gasteiger partial charge in [-0.1, -0.05) is 0 Å². The number of piperazine rings is 1. The number of rotatable bonds is 3. The molecule has 21 heavy (non-hydrogen) atoms. The number of aryl methyl sites for hydroxylation is 1. The van der Waals surface area contributed by atoms with Crippen LogP contribution < -0.4 is 5.32 Å². The van der Waals surface area contributed by atoms with Crippen LogP contribution in [0.2, 0.25) is 0 Å². The number of Topliss-reactive ketones (excluding diaryl/α,β-unsaturated/α-hetero) is 1. The van der Waals surface area contributed by atoms with Crippen molar-refractivity contribution in [2.24, 2.45) is 7.05 Å². The van der Waals surface area contributed by atoms with Gasteiger partial charge in [0.2, 0.25) is 11.8 Å². The molecule has 2 amide bonds. The molecular formula is C15H21N3O3. The Kier molecular flexibility index (Phi) is 3.76. The van der Waals surface area contributed by atoms with Crippen LogP contribution in [0.1, 0.15) is 35.6 Å². The van der Waals surface area contributed by atoms with Gasteiger partial charge in [-0.25, -0.2) is 0 Å². The molecule has 1 saturated heterocycles. The molecule has 0 unspecified atom stereocenters. The zero-order valence-electron chi connectivity index (χ0n) is 13.1. The molecule has 6 nitrogen and oxygen atoms in total. The highest BCUT2D eigenvalue weighted by atomic mass is 16.2. The fourth-order valence-electron chi connectivity index (χ4n) is 2.48. The van der Waals surface area contributed by atoms with Crippen LogP contribution in [0, 0.1) is 13.8 Å². The van der Waals surface area contributed by atoms with E-state index in [1.54, 1.807) is 18.7 Å². The van der Waals surface area contributed by atoms with Gasteiger partial charge in [0, 0.05) is 24.0 Å². The summed E-state index contributed by atoms with van der Waals surface area (Å²) in [7, 11) is 1.91. The van der Waals surface area contributed by atoms with Gasteiger partial charge in [0.15, 0.2) is 5.78 Å². The van der Waals surface area contributed by atoms with Crippen molar-refractivity contribution in [1.82, 2.24) is 14.8 Å². The zero-order valence-corrected chi connectivity index (χ0v) is 13.1. The van der Waals surface area contributed by atoms with Gasteiger partial charge < -0.3 is 4.57 Å². The first-order chi connectivity index (χ1) is 9.64. The highest BCUT2D eigenvalue weighted by Gasteiger charge is 2.41. The summed E-state index contributed by atoms with van der Waals surface area (Å²) in [5, 5.41) is 2.30. The van der Waals surface area contributed by atoms with E-state index in [-0.39, 0.29) is 30.7 Å². The molecule has 1 N–H and O–H groups in total. The normalized spacial score (nSPS) is 18.7. The van der Waals surface area contributed by atoms with Crippen LogP contribution in [-0.4, -0.2) is 45.7 Å². The van der Waals surface area contributed by atoms with Crippen molar-refractivity contribution in [3.63, 3.8) is 0 Å². The number of nitrogens with one attached hydrogen (secondary N) is 1. The monoisotopic (exact) mass is 291 g/mol. The number of hydrogen-bond acceptors (Lipinski definition) is 4. The molecule has 2 rings (SSSR count). The number of imide groups is 1. The average Bonchev–Trinajstić information content (AvgIpc) is 2.64. The summed E-state index contributed by atoms with van der Waals surface area (Å²) in [6, 6.07) is 1.84. The largest absolute Gasteiger partial charge is 0.351 e. The molecule has 1 aliphatic rings. The van der Waals surface area contributed by atoms with E-state index in [0.717, 1.165) is 11.4 Å². The van der Waals surface area contributed by atoms with Crippen molar-refractivity contribution < 1.29 is 14.4 Å². The van der Waals surface area contributed by atoms with Crippen LogP contribution in [-0.2, 0) is 16.6 Å². The highest BCUT2D eigenvalue weighted by molar-refractivity contribution is 6.05. The van der Waals surface area contributed by atoms with E-state index >= 15 is 0 Å². The summed E-state index contributed by atoms with van der Waals surface area (Å²) >= 11 is 0. The molecule has 1 fully saturated rings. The molecule has 0 aromatic carbocycles. The van der Waals surface area contributed by atoms with Gasteiger partial charge in [-0.15, -0.1) is 0 Å². The van der Waals surface area contributed by atoms with Crippen LogP contribution >= 0.6 is 0 Å². The van der Waals surface area contributed by atoms with Crippen molar-refractivity contribution in [2.75, 3.05) is 13.1 Å². The SMILES string of the molecule is Cc1cc(C(=O)CN2CC(=O)NC(=O)C2(C)C)c(C)n1C. The molecule has 0 spiro atoms. The lowest BCUT2D eigenvalue weighted by atomic mass is 9.97. The van der Waals surface area contributed by atoms with Gasteiger partial charge in [0.25, 0.3) is 0 Å². The van der Waals surface area contributed by atoms with Crippen LogP contribution in [0.3, 0.4) is 0 Å². The summed E-state index contributed by atoms with van der Waals surface area (Å²) in [5.41, 5.74) is 1.66. The quantitative estimate of drug-likeness (QED) is 0.652.